The third-order valence-electron chi connectivity index (χ3n) is 5.18. The highest BCUT2D eigenvalue weighted by atomic mass is 16.6. The fourth-order valence-corrected chi connectivity index (χ4v) is 3.78. The van der Waals surface area contributed by atoms with Gasteiger partial charge < -0.3 is 15.1 Å². The van der Waals surface area contributed by atoms with Crippen molar-refractivity contribution in [3.63, 3.8) is 0 Å². The summed E-state index contributed by atoms with van der Waals surface area (Å²) in [5, 5.41) is 15.0. The number of nitrogens with one attached hydrogen (secondary N) is 1. The predicted octanol–water partition coefficient (Wildman–Crippen LogP) is 3.53. The third kappa shape index (κ3) is 3.97. The minimum absolute atomic E-state index is 0.0639. The molecule has 0 fully saturated rings. The van der Waals surface area contributed by atoms with Crippen LogP contribution in [-0.4, -0.2) is 49.3 Å². The van der Waals surface area contributed by atoms with Gasteiger partial charge in [-0.1, -0.05) is 36.4 Å². The highest BCUT2D eigenvalue weighted by Gasteiger charge is 2.27. The van der Waals surface area contributed by atoms with E-state index in [0.717, 1.165) is 60.1 Å². The molecule has 154 valence electrons. The normalized spacial score (nSPS) is 15.3. The molecule has 30 heavy (non-hydrogen) atoms. The van der Waals surface area contributed by atoms with Gasteiger partial charge in [0.1, 0.15) is 11.5 Å². The van der Waals surface area contributed by atoms with Gasteiger partial charge in [-0.2, -0.15) is 0 Å². The molecule has 2 aromatic rings. The van der Waals surface area contributed by atoms with Crippen molar-refractivity contribution in [2.24, 2.45) is 4.99 Å². The molecule has 4 rings (SSSR count). The number of nitro groups is 1. The van der Waals surface area contributed by atoms with E-state index in [1.807, 2.05) is 48.6 Å². The van der Waals surface area contributed by atoms with E-state index in [1.165, 1.54) is 0 Å². The Labute approximate surface area is 176 Å². The molecule has 0 bridgehead atoms. The summed E-state index contributed by atoms with van der Waals surface area (Å²) in [6.45, 7) is 2.45. The molecule has 0 atom stereocenters. The third-order valence-corrected chi connectivity index (χ3v) is 5.18. The molecule has 2 aromatic carbocycles. The molecule has 0 unspecified atom stereocenters. The smallest absolute Gasteiger partial charge is 0.270 e. The van der Waals surface area contributed by atoms with Crippen molar-refractivity contribution >= 4 is 17.1 Å². The molecule has 7 nitrogen and oxygen atoms in total. The first kappa shape index (κ1) is 19.8. The molecular weight excluding hydrogens is 378 g/mol. The molecule has 0 saturated carbocycles. The Morgan fingerprint density at radius 3 is 2.73 bits per heavy atom. The zero-order valence-electron chi connectivity index (χ0n) is 17.2. The Morgan fingerprint density at radius 1 is 1.20 bits per heavy atom. The van der Waals surface area contributed by atoms with E-state index >= 15 is 0 Å². The summed E-state index contributed by atoms with van der Waals surface area (Å²) in [5.41, 5.74) is 4.27. The number of hydrogen-bond donors (Lipinski definition) is 1. The fourth-order valence-electron chi connectivity index (χ4n) is 3.78. The van der Waals surface area contributed by atoms with E-state index < -0.39 is 0 Å². The van der Waals surface area contributed by atoms with Crippen LogP contribution in [0.25, 0.3) is 0 Å². The van der Waals surface area contributed by atoms with Crippen LogP contribution in [0.5, 0.6) is 0 Å². The summed E-state index contributed by atoms with van der Waals surface area (Å²) >= 11 is 0. The second kappa shape index (κ2) is 8.51. The highest BCUT2D eigenvalue weighted by Crippen LogP contribution is 2.35. The molecule has 0 amide bonds. The van der Waals surface area contributed by atoms with Crippen molar-refractivity contribution in [2.45, 2.75) is 6.42 Å². The van der Waals surface area contributed by atoms with Crippen molar-refractivity contribution in [1.82, 2.24) is 10.2 Å². The van der Waals surface area contributed by atoms with Crippen molar-refractivity contribution in [3.8, 4) is 0 Å². The number of hydrogen-bond acceptors (Lipinski definition) is 6. The van der Waals surface area contributed by atoms with Gasteiger partial charge in [0.05, 0.1) is 16.3 Å². The summed E-state index contributed by atoms with van der Waals surface area (Å²) < 4.78 is 0. The summed E-state index contributed by atoms with van der Waals surface area (Å²) in [6.07, 6.45) is 5.02. The van der Waals surface area contributed by atoms with Crippen LogP contribution in [0.3, 0.4) is 0 Å². The van der Waals surface area contributed by atoms with Crippen molar-refractivity contribution in [3.05, 3.63) is 93.4 Å². The monoisotopic (exact) mass is 403 g/mol. The molecule has 0 aliphatic carbocycles. The Morgan fingerprint density at radius 2 is 2.00 bits per heavy atom. The van der Waals surface area contributed by atoms with Gasteiger partial charge in [-0.3, -0.25) is 10.1 Å². The summed E-state index contributed by atoms with van der Waals surface area (Å²) in [5.74, 6) is 0.942. The van der Waals surface area contributed by atoms with Crippen molar-refractivity contribution < 1.29 is 4.92 Å². The number of dihydropyridines is 1. The highest BCUT2D eigenvalue weighted by molar-refractivity contribution is 6.17. The maximum Gasteiger partial charge on any atom is 0.270 e. The van der Waals surface area contributed by atoms with Crippen LogP contribution in [0.4, 0.5) is 11.4 Å². The van der Waals surface area contributed by atoms with E-state index in [9.17, 15) is 10.1 Å². The maximum atomic E-state index is 11.5. The second-order valence-electron chi connectivity index (χ2n) is 7.61. The predicted molar refractivity (Wildman–Crippen MR) is 120 cm³/mol. The van der Waals surface area contributed by atoms with Crippen LogP contribution in [0.1, 0.15) is 17.5 Å². The number of benzene rings is 2. The Balaban J connectivity index is 1.89. The lowest BCUT2D eigenvalue weighted by atomic mass is 9.99. The topological polar surface area (TPSA) is 74.0 Å². The number of allylic oxidation sites excluding steroid dienone is 1. The van der Waals surface area contributed by atoms with Gasteiger partial charge in [-0.05, 0) is 39.2 Å². The second-order valence-corrected chi connectivity index (χ2v) is 7.61. The largest absolute Gasteiger partial charge is 0.366 e. The number of non-ortho nitro benzene ring substituents is 1. The van der Waals surface area contributed by atoms with Gasteiger partial charge >= 0.3 is 0 Å². The zero-order chi connectivity index (χ0) is 21.1. The minimum Gasteiger partial charge on any atom is -0.366 e. The molecule has 1 N–H and O–H groups in total. The summed E-state index contributed by atoms with van der Waals surface area (Å²) in [7, 11) is 4.12. The van der Waals surface area contributed by atoms with Gasteiger partial charge in [-0.15, -0.1) is 0 Å². The fraction of sp³-hybridized carbons (Fsp3) is 0.261. The van der Waals surface area contributed by atoms with E-state index in [-0.39, 0.29) is 10.6 Å². The summed E-state index contributed by atoms with van der Waals surface area (Å²) in [4.78, 5) is 20.5. The van der Waals surface area contributed by atoms with Crippen LogP contribution in [-0.2, 0) is 0 Å². The van der Waals surface area contributed by atoms with E-state index in [2.05, 4.69) is 29.2 Å². The number of anilines is 1. The Bertz CT molecular complexity index is 1040. The average Bonchev–Trinajstić information content (AvgIpc) is 2.89. The van der Waals surface area contributed by atoms with Crippen molar-refractivity contribution in [2.75, 3.05) is 38.6 Å². The molecule has 0 aromatic heterocycles. The van der Waals surface area contributed by atoms with Gasteiger partial charge in [0.25, 0.3) is 5.69 Å². The lowest BCUT2D eigenvalue weighted by Gasteiger charge is -2.30. The van der Waals surface area contributed by atoms with Gasteiger partial charge in [-0.25, -0.2) is 4.99 Å². The van der Waals surface area contributed by atoms with Crippen molar-refractivity contribution in [1.29, 1.82) is 0 Å². The Hall–Kier alpha value is -3.45. The van der Waals surface area contributed by atoms with Gasteiger partial charge in [0.15, 0.2) is 0 Å². The molecule has 2 heterocycles. The molecule has 2 aliphatic rings. The van der Waals surface area contributed by atoms with Crippen LogP contribution < -0.4 is 10.2 Å². The molecule has 0 saturated heterocycles. The first-order valence-corrected chi connectivity index (χ1v) is 10.0. The minimum atomic E-state index is -0.352. The van der Waals surface area contributed by atoms with Gasteiger partial charge in [0, 0.05) is 36.3 Å². The molecule has 2 aliphatic heterocycles. The summed E-state index contributed by atoms with van der Waals surface area (Å²) in [6, 6.07) is 14.9. The van der Waals surface area contributed by atoms with Crippen LogP contribution in [0.15, 0.2) is 77.2 Å². The standard InChI is InChI=1S/C23H25N5O2/c1-26(2)14-7-15-27-21-12-11-18(28(29)30)16-19(21)22(17-8-4-3-5-9-17)25-20-10-6-13-24-23(20)27/h3-6,8-12,16,24H,7,13-15H2,1-2H3. The Kier molecular flexibility index (Phi) is 5.63. The molecule has 7 heteroatoms. The lowest BCUT2D eigenvalue weighted by molar-refractivity contribution is -0.384. The van der Waals surface area contributed by atoms with Crippen LogP contribution >= 0.6 is 0 Å². The van der Waals surface area contributed by atoms with E-state index in [0.29, 0.717) is 0 Å². The van der Waals surface area contributed by atoms with Crippen LogP contribution in [0, 0.1) is 10.1 Å². The van der Waals surface area contributed by atoms with E-state index in [1.54, 1.807) is 12.1 Å². The lowest BCUT2D eigenvalue weighted by Crippen LogP contribution is -2.36. The quantitative estimate of drug-likeness (QED) is 0.590. The number of rotatable bonds is 6. The zero-order valence-corrected chi connectivity index (χ0v) is 17.2. The average molecular weight is 403 g/mol. The van der Waals surface area contributed by atoms with E-state index in [4.69, 9.17) is 4.99 Å². The molecular formula is C23H25N5O2. The number of nitro benzene ring substituents is 1. The first-order chi connectivity index (χ1) is 14.5. The SMILES string of the molecule is CN(C)CCCN1C2=C(C=CCN2)N=C(c2ccccc2)c2cc([N+](=O)[O-])ccc21. The number of fused-ring (bicyclic) bond motifs is 1. The maximum absolute atomic E-state index is 11.5. The number of aliphatic imine (C=N–C) groups is 1. The first-order valence-electron chi connectivity index (χ1n) is 10.0. The van der Waals surface area contributed by atoms with Gasteiger partial charge in [0.2, 0.25) is 0 Å². The molecule has 0 radical (unpaired) electrons. The van der Waals surface area contributed by atoms with Crippen LogP contribution in [0.2, 0.25) is 0 Å². The molecule has 0 spiro atoms. The number of nitrogens with zero attached hydrogens (tertiary/aromatic N) is 4.